The molecule has 0 spiro atoms. The fourth-order valence-corrected chi connectivity index (χ4v) is 6.52. The van der Waals surface area contributed by atoms with E-state index in [1.165, 1.54) is 11.8 Å². The van der Waals surface area contributed by atoms with Gasteiger partial charge < -0.3 is 28.6 Å². The zero-order valence-electron chi connectivity index (χ0n) is 23.2. The Morgan fingerprint density at radius 1 is 1.27 bits per heavy atom. The van der Waals surface area contributed by atoms with E-state index in [-0.39, 0.29) is 6.61 Å². The number of hydrogen-bond acceptors (Lipinski definition) is 9. The molecule has 1 aromatic heterocycles. The predicted octanol–water partition coefficient (Wildman–Crippen LogP) is 5.99. The summed E-state index contributed by atoms with van der Waals surface area (Å²) in [7, 11) is 1.55. The van der Waals surface area contributed by atoms with Crippen molar-refractivity contribution in [2.75, 3.05) is 26.8 Å². The monoisotopic (exact) mass is 601 g/mol. The number of pyridine rings is 1. The summed E-state index contributed by atoms with van der Waals surface area (Å²) in [6, 6.07) is 10.7. The van der Waals surface area contributed by atoms with E-state index in [9.17, 15) is 10.3 Å². The molecule has 2 saturated heterocycles. The average molecular weight is 602 g/mol. The van der Waals surface area contributed by atoms with Gasteiger partial charge in [-0.15, -0.1) is 0 Å². The van der Waals surface area contributed by atoms with Crippen molar-refractivity contribution in [1.82, 2.24) is 9.88 Å². The quantitative estimate of drug-likeness (QED) is 0.224. The van der Waals surface area contributed by atoms with Gasteiger partial charge in [-0.2, -0.15) is 0 Å². The first-order valence-electron chi connectivity index (χ1n) is 13.2. The van der Waals surface area contributed by atoms with Crippen LogP contribution in [0.3, 0.4) is 0 Å². The van der Waals surface area contributed by atoms with E-state index in [1.807, 2.05) is 57.2 Å². The SMILES string of the molecule is COC1[C@@H](Sc2cc(Cl)cnc2C2=CCN(C(=O)OC(C)(C)C)C2)OC2COC(c3ccccc3)O[C@@H]2[C@@H]1N=[N+]=[N-]. The number of methoxy groups -OCH3 is 1. The molecule has 3 aliphatic rings. The summed E-state index contributed by atoms with van der Waals surface area (Å²) in [4.78, 5) is 22.7. The van der Waals surface area contributed by atoms with Crippen LogP contribution in [0.4, 0.5) is 4.79 Å². The molecule has 13 heteroatoms. The van der Waals surface area contributed by atoms with Crippen LogP contribution < -0.4 is 0 Å². The van der Waals surface area contributed by atoms with Crippen molar-refractivity contribution in [3.05, 3.63) is 75.4 Å². The molecule has 2 aromatic rings. The minimum atomic E-state index is -0.680. The molecule has 5 rings (SSSR count). The Kier molecular flexibility index (Phi) is 9.10. The number of amides is 1. The highest BCUT2D eigenvalue weighted by Gasteiger charge is 2.50. The number of hydrogen-bond donors (Lipinski definition) is 0. The van der Waals surface area contributed by atoms with E-state index in [1.54, 1.807) is 24.3 Å². The minimum absolute atomic E-state index is 0.242. The Hall–Kier alpha value is -2.83. The zero-order chi connectivity index (χ0) is 29.1. The highest BCUT2D eigenvalue weighted by molar-refractivity contribution is 7.99. The number of thioether (sulfide) groups is 1. The van der Waals surface area contributed by atoms with Crippen LogP contribution in [0.15, 0.2) is 58.7 Å². The topological polar surface area (TPSA) is 128 Å². The molecule has 4 heterocycles. The molecule has 2 fully saturated rings. The highest BCUT2D eigenvalue weighted by Crippen LogP contribution is 2.43. The summed E-state index contributed by atoms with van der Waals surface area (Å²) in [6.45, 7) is 6.48. The lowest BCUT2D eigenvalue weighted by Gasteiger charge is -2.47. The van der Waals surface area contributed by atoms with Gasteiger partial charge in [0.1, 0.15) is 29.3 Å². The van der Waals surface area contributed by atoms with Gasteiger partial charge in [-0.25, -0.2) is 4.79 Å². The molecule has 0 aliphatic carbocycles. The molecule has 41 heavy (non-hydrogen) atoms. The third-order valence-corrected chi connectivity index (χ3v) is 8.16. The molecule has 0 bridgehead atoms. The third kappa shape index (κ3) is 6.81. The van der Waals surface area contributed by atoms with E-state index in [0.717, 1.165) is 16.0 Å². The van der Waals surface area contributed by atoms with Gasteiger partial charge in [0.15, 0.2) is 6.29 Å². The molecule has 218 valence electrons. The van der Waals surface area contributed by atoms with E-state index < -0.39 is 47.8 Å². The first kappa shape index (κ1) is 29.7. The van der Waals surface area contributed by atoms with Crippen LogP contribution in [0.1, 0.15) is 38.3 Å². The largest absolute Gasteiger partial charge is 0.444 e. The average Bonchev–Trinajstić information content (AvgIpc) is 3.43. The van der Waals surface area contributed by atoms with Gasteiger partial charge in [-0.1, -0.05) is 64.9 Å². The number of ether oxygens (including phenoxy) is 5. The van der Waals surface area contributed by atoms with Crippen molar-refractivity contribution in [3.8, 4) is 0 Å². The third-order valence-electron chi connectivity index (χ3n) is 6.78. The number of benzene rings is 1. The van der Waals surface area contributed by atoms with Crippen molar-refractivity contribution in [3.63, 3.8) is 0 Å². The summed E-state index contributed by atoms with van der Waals surface area (Å²) in [5.74, 6) is 0. The van der Waals surface area contributed by atoms with Crippen molar-refractivity contribution >= 4 is 35.0 Å². The molecule has 3 aliphatic heterocycles. The van der Waals surface area contributed by atoms with Crippen LogP contribution in [0, 0.1) is 0 Å². The van der Waals surface area contributed by atoms with E-state index in [4.69, 9.17) is 35.3 Å². The van der Waals surface area contributed by atoms with Crippen LogP contribution in [-0.2, 0) is 23.7 Å². The van der Waals surface area contributed by atoms with Gasteiger partial charge >= 0.3 is 6.09 Å². The molecule has 11 nitrogen and oxygen atoms in total. The number of fused-ring (bicyclic) bond motifs is 1. The first-order valence-corrected chi connectivity index (χ1v) is 14.5. The van der Waals surface area contributed by atoms with Crippen molar-refractivity contribution in [2.24, 2.45) is 5.11 Å². The number of carbonyl (C=O) groups excluding carboxylic acids is 1. The molecule has 1 amide bonds. The van der Waals surface area contributed by atoms with Gasteiger partial charge in [0.05, 0.1) is 29.9 Å². The number of aromatic nitrogens is 1. The van der Waals surface area contributed by atoms with Crippen LogP contribution >= 0.6 is 23.4 Å². The minimum Gasteiger partial charge on any atom is -0.444 e. The van der Waals surface area contributed by atoms with E-state index in [0.29, 0.717) is 23.8 Å². The molecule has 6 atom stereocenters. The van der Waals surface area contributed by atoms with Crippen molar-refractivity contribution in [1.29, 1.82) is 0 Å². The predicted molar refractivity (Wildman–Crippen MR) is 153 cm³/mol. The smallest absolute Gasteiger partial charge is 0.410 e. The van der Waals surface area contributed by atoms with Crippen LogP contribution in [0.5, 0.6) is 0 Å². The van der Waals surface area contributed by atoms with E-state index >= 15 is 0 Å². The Morgan fingerprint density at radius 3 is 2.76 bits per heavy atom. The number of halogens is 1. The normalized spacial score (nSPS) is 27.9. The lowest BCUT2D eigenvalue weighted by molar-refractivity contribution is -0.298. The standard InChI is InChI=1S/C28H32ClN5O6S/c1-28(2,3)40-27(35)34-11-10-17(14-34)21-20(12-18(29)13-31-21)41-26-24(36-4)22(32-33-30)23-19(38-26)15-37-25(39-23)16-8-6-5-7-9-16/h5-10,12-13,19,22-26H,11,14-15H2,1-4H3/t19?,22-,23-,24?,25?,26+/m0/s1. The van der Waals surface area contributed by atoms with Crippen LogP contribution in [0.25, 0.3) is 16.0 Å². The highest BCUT2D eigenvalue weighted by atomic mass is 35.5. The lowest BCUT2D eigenvalue weighted by Crippen LogP contribution is -2.60. The molecule has 0 saturated carbocycles. The van der Waals surface area contributed by atoms with Gasteiger partial charge in [-0.3, -0.25) is 4.98 Å². The van der Waals surface area contributed by atoms with Gasteiger partial charge in [0.2, 0.25) is 0 Å². The Labute approximate surface area is 247 Å². The molecular formula is C28H32ClN5O6S. The lowest BCUT2D eigenvalue weighted by atomic mass is 9.96. The Morgan fingerprint density at radius 2 is 2.05 bits per heavy atom. The second-order valence-corrected chi connectivity index (χ2v) is 12.4. The van der Waals surface area contributed by atoms with Crippen LogP contribution in [-0.4, -0.2) is 78.2 Å². The number of nitrogens with zero attached hydrogens (tertiary/aromatic N) is 5. The molecule has 1 aromatic carbocycles. The van der Waals surface area contributed by atoms with Gasteiger partial charge in [-0.05, 0) is 37.9 Å². The second-order valence-electron chi connectivity index (χ2n) is 10.8. The zero-order valence-corrected chi connectivity index (χ0v) is 24.7. The summed E-state index contributed by atoms with van der Waals surface area (Å²) in [5, 5.41) is 4.53. The van der Waals surface area contributed by atoms with Crippen molar-refractivity contribution in [2.45, 2.75) is 67.3 Å². The van der Waals surface area contributed by atoms with Gasteiger partial charge in [0, 0.05) is 35.2 Å². The Balaban J connectivity index is 1.36. The molecule has 0 radical (unpaired) electrons. The maximum atomic E-state index is 12.6. The Bertz CT molecular complexity index is 1330. The molecular weight excluding hydrogens is 570 g/mol. The number of carbonyl (C=O) groups is 1. The summed E-state index contributed by atoms with van der Waals surface area (Å²) >= 11 is 7.73. The summed E-state index contributed by atoms with van der Waals surface area (Å²) in [6.07, 6.45) is 0.779. The number of azide groups is 1. The second kappa shape index (κ2) is 12.6. The fourth-order valence-electron chi connectivity index (χ4n) is 4.95. The maximum absolute atomic E-state index is 12.6. The maximum Gasteiger partial charge on any atom is 0.410 e. The molecule has 3 unspecified atom stereocenters. The van der Waals surface area contributed by atoms with Crippen LogP contribution in [0.2, 0.25) is 5.02 Å². The molecule has 0 N–H and O–H groups in total. The number of rotatable bonds is 6. The van der Waals surface area contributed by atoms with Crippen molar-refractivity contribution < 1.29 is 28.5 Å². The summed E-state index contributed by atoms with van der Waals surface area (Å²) in [5.41, 5.74) is 10.6. The fraction of sp³-hybridized carbons (Fsp3) is 0.500. The van der Waals surface area contributed by atoms with E-state index in [2.05, 4.69) is 15.0 Å². The van der Waals surface area contributed by atoms with Gasteiger partial charge in [0.25, 0.3) is 0 Å². The summed E-state index contributed by atoms with van der Waals surface area (Å²) < 4.78 is 30.1. The first-order chi connectivity index (χ1) is 19.7.